The number of aromatic amines is 1. The number of amides is 1. The van der Waals surface area contributed by atoms with E-state index in [4.69, 9.17) is 10.00 Å². The highest BCUT2D eigenvalue weighted by Gasteiger charge is 2.17. The molecule has 6 heteroatoms. The molecule has 1 fully saturated rings. The average molecular weight is 303 g/mol. The Hall–Kier alpha value is -2.13. The molecule has 0 radical (unpaired) electrons. The number of rotatable bonds is 5. The molecule has 2 rings (SSSR count). The van der Waals surface area contributed by atoms with E-state index in [0.29, 0.717) is 30.6 Å². The number of nitrogens with zero attached hydrogens (tertiary/aromatic N) is 1. The smallest absolute Gasteiger partial charge is 0.266 e. The monoisotopic (exact) mass is 303 g/mol. The Labute approximate surface area is 129 Å². The number of ether oxygens (including phenoxy) is 1. The maximum absolute atomic E-state index is 11.9. The van der Waals surface area contributed by atoms with Crippen LogP contribution in [0.5, 0.6) is 0 Å². The molecule has 1 atom stereocenters. The number of carbonyl (C=O) groups excluding carboxylic acids is 1. The first kappa shape index (κ1) is 16.2. The number of H-pyrrole nitrogens is 1. The quantitative estimate of drug-likeness (QED) is 0.851. The zero-order chi connectivity index (χ0) is 16.1. The highest BCUT2D eigenvalue weighted by Crippen LogP contribution is 2.15. The molecule has 0 spiro atoms. The summed E-state index contributed by atoms with van der Waals surface area (Å²) in [6.45, 7) is 4.86. The van der Waals surface area contributed by atoms with Crippen molar-refractivity contribution in [2.75, 3.05) is 13.2 Å². The maximum Gasteiger partial charge on any atom is 0.266 e. The molecule has 1 amide bonds. The Bertz CT molecular complexity index is 652. The summed E-state index contributed by atoms with van der Waals surface area (Å²) >= 11 is 0. The van der Waals surface area contributed by atoms with Crippen LogP contribution < -0.4 is 10.9 Å². The van der Waals surface area contributed by atoms with Gasteiger partial charge in [0.25, 0.3) is 5.56 Å². The fourth-order valence-electron chi connectivity index (χ4n) is 2.78. The minimum Gasteiger partial charge on any atom is -0.376 e. The van der Waals surface area contributed by atoms with Gasteiger partial charge in [-0.25, -0.2) is 0 Å². The summed E-state index contributed by atoms with van der Waals surface area (Å²) in [4.78, 5) is 26.2. The molecule has 0 aliphatic carbocycles. The van der Waals surface area contributed by atoms with E-state index in [1.165, 1.54) is 0 Å². The van der Waals surface area contributed by atoms with Crippen molar-refractivity contribution in [1.82, 2.24) is 10.3 Å². The molecule has 1 aliphatic heterocycles. The lowest BCUT2D eigenvalue weighted by Gasteiger charge is -2.12. The molecular weight excluding hydrogens is 282 g/mol. The molecule has 0 aromatic carbocycles. The van der Waals surface area contributed by atoms with Crippen molar-refractivity contribution in [3.63, 3.8) is 0 Å². The second-order valence-electron chi connectivity index (χ2n) is 5.61. The van der Waals surface area contributed by atoms with Crippen LogP contribution in [0, 0.1) is 25.2 Å². The van der Waals surface area contributed by atoms with Crippen LogP contribution in [0.2, 0.25) is 0 Å². The molecule has 2 heterocycles. The topological polar surface area (TPSA) is 95.0 Å². The summed E-state index contributed by atoms with van der Waals surface area (Å²) in [6.07, 6.45) is 2.99. The molecule has 1 aromatic heterocycles. The predicted molar refractivity (Wildman–Crippen MR) is 81.6 cm³/mol. The molecule has 0 bridgehead atoms. The number of aryl methyl sites for hydroxylation is 1. The third-order valence-corrected chi connectivity index (χ3v) is 4.07. The van der Waals surface area contributed by atoms with Crippen molar-refractivity contribution in [2.24, 2.45) is 0 Å². The molecule has 2 N–H and O–H groups in total. The van der Waals surface area contributed by atoms with Crippen LogP contribution in [-0.2, 0) is 16.0 Å². The van der Waals surface area contributed by atoms with E-state index in [1.54, 1.807) is 13.8 Å². The fourth-order valence-corrected chi connectivity index (χ4v) is 2.78. The summed E-state index contributed by atoms with van der Waals surface area (Å²) in [5.41, 5.74) is 2.00. The van der Waals surface area contributed by atoms with Crippen LogP contribution in [0.15, 0.2) is 4.79 Å². The summed E-state index contributed by atoms with van der Waals surface area (Å²) in [5, 5.41) is 11.9. The molecule has 0 saturated carbocycles. The highest BCUT2D eigenvalue weighted by atomic mass is 16.5. The Morgan fingerprint density at radius 2 is 2.27 bits per heavy atom. The number of nitrogens with one attached hydrogen (secondary N) is 2. The van der Waals surface area contributed by atoms with Gasteiger partial charge in [-0.15, -0.1) is 0 Å². The Morgan fingerprint density at radius 3 is 2.91 bits per heavy atom. The van der Waals surface area contributed by atoms with Crippen LogP contribution in [0.1, 0.15) is 41.6 Å². The van der Waals surface area contributed by atoms with Gasteiger partial charge in [-0.2, -0.15) is 5.26 Å². The summed E-state index contributed by atoms with van der Waals surface area (Å²) < 4.78 is 5.46. The van der Waals surface area contributed by atoms with Gasteiger partial charge in [-0.05, 0) is 44.2 Å². The second kappa shape index (κ2) is 7.23. The third-order valence-electron chi connectivity index (χ3n) is 4.07. The van der Waals surface area contributed by atoms with Gasteiger partial charge in [-0.3, -0.25) is 9.59 Å². The first-order chi connectivity index (χ1) is 10.5. The molecule has 1 aromatic rings. The van der Waals surface area contributed by atoms with Crippen molar-refractivity contribution in [3.05, 3.63) is 32.7 Å². The molecule has 118 valence electrons. The average Bonchev–Trinajstić information content (AvgIpc) is 2.98. The van der Waals surface area contributed by atoms with Gasteiger partial charge >= 0.3 is 0 Å². The van der Waals surface area contributed by atoms with Crippen LogP contribution in [0.4, 0.5) is 0 Å². The lowest BCUT2D eigenvalue weighted by Crippen LogP contribution is -2.32. The van der Waals surface area contributed by atoms with Gasteiger partial charge in [0.2, 0.25) is 5.91 Å². The van der Waals surface area contributed by atoms with Gasteiger partial charge in [0.15, 0.2) is 0 Å². The standard InChI is InChI=1S/C16H21N3O3/c1-10-13(11(2)19-16(21)14(10)8-17)5-6-15(20)18-9-12-4-3-7-22-12/h12H,3-7,9H2,1-2H3,(H,18,20)(H,19,21)/t12-/m0/s1. The van der Waals surface area contributed by atoms with E-state index >= 15 is 0 Å². The largest absolute Gasteiger partial charge is 0.376 e. The summed E-state index contributed by atoms with van der Waals surface area (Å²) in [5.74, 6) is -0.0426. The van der Waals surface area contributed by atoms with Crippen molar-refractivity contribution >= 4 is 5.91 Å². The van der Waals surface area contributed by atoms with E-state index in [9.17, 15) is 9.59 Å². The van der Waals surface area contributed by atoms with Crippen LogP contribution >= 0.6 is 0 Å². The number of aromatic nitrogens is 1. The Morgan fingerprint density at radius 1 is 1.50 bits per heavy atom. The van der Waals surface area contributed by atoms with Crippen LogP contribution in [0.3, 0.4) is 0 Å². The van der Waals surface area contributed by atoms with Crippen molar-refractivity contribution in [2.45, 2.75) is 45.6 Å². The first-order valence-corrected chi connectivity index (χ1v) is 7.53. The van der Waals surface area contributed by atoms with E-state index < -0.39 is 0 Å². The van der Waals surface area contributed by atoms with Crippen LogP contribution in [0.25, 0.3) is 0 Å². The number of carbonyl (C=O) groups is 1. The van der Waals surface area contributed by atoms with Crippen LogP contribution in [-0.4, -0.2) is 30.1 Å². The number of nitriles is 1. The Kier molecular flexibility index (Phi) is 5.34. The predicted octanol–water partition coefficient (Wildman–Crippen LogP) is 1.09. The van der Waals surface area contributed by atoms with E-state index in [0.717, 1.165) is 25.0 Å². The van der Waals surface area contributed by atoms with E-state index in [2.05, 4.69) is 10.3 Å². The van der Waals surface area contributed by atoms with Gasteiger partial charge in [0.05, 0.1) is 6.10 Å². The highest BCUT2D eigenvalue weighted by molar-refractivity contribution is 5.76. The second-order valence-corrected chi connectivity index (χ2v) is 5.61. The van der Waals surface area contributed by atoms with Gasteiger partial charge in [-0.1, -0.05) is 0 Å². The minimum atomic E-state index is -0.371. The van der Waals surface area contributed by atoms with Crippen molar-refractivity contribution < 1.29 is 9.53 Å². The maximum atomic E-state index is 11.9. The molecule has 1 aliphatic rings. The molecule has 22 heavy (non-hydrogen) atoms. The molecule has 1 saturated heterocycles. The van der Waals surface area contributed by atoms with E-state index in [1.807, 2.05) is 6.07 Å². The normalized spacial score (nSPS) is 17.2. The number of pyridine rings is 1. The summed E-state index contributed by atoms with van der Waals surface area (Å²) in [7, 11) is 0. The van der Waals surface area contributed by atoms with Crippen molar-refractivity contribution in [3.8, 4) is 6.07 Å². The van der Waals surface area contributed by atoms with Gasteiger partial charge < -0.3 is 15.0 Å². The Balaban J connectivity index is 1.95. The number of hydrogen-bond donors (Lipinski definition) is 2. The SMILES string of the molecule is Cc1[nH]c(=O)c(C#N)c(C)c1CCC(=O)NC[C@@H]1CCCO1. The lowest BCUT2D eigenvalue weighted by atomic mass is 9.99. The zero-order valence-corrected chi connectivity index (χ0v) is 13.0. The zero-order valence-electron chi connectivity index (χ0n) is 13.0. The minimum absolute atomic E-state index is 0.0426. The first-order valence-electron chi connectivity index (χ1n) is 7.53. The third kappa shape index (κ3) is 3.74. The van der Waals surface area contributed by atoms with Gasteiger partial charge in [0, 0.05) is 25.3 Å². The lowest BCUT2D eigenvalue weighted by molar-refractivity contribution is -0.121. The van der Waals surface area contributed by atoms with Gasteiger partial charge in [0.1, 0.15) is 11.6 Å². The number of hydrogen-bond acceptors (Lipinski definition) is 4. The molecular formula is C16H21N3O3. The molecule has 6 nitrogen and oxygen atoms in total. The van der Waals surface area contributed by atoms with E-state index in [-0.39, 0.29) is 23.1 Å². The molecule has 0 unspecified atom stereocenters. The summed E-state index contributed by atoms with van der Waals surface area (Å²) in [6, 6.07) is 1.92. The fraction of sp³-hybridized carbons (Fsp3) is 0.562. The van der Waals surface area contributed by atoms with Crippen molar-refractivity contribution in [1.29, 1.82) is 5.26 Å².